The molecule has 0 aliphatic carbocycles. The van der Waals surface area contributed by atoms with Crippen molar-refractivity contribution in [2.24, 2.45) is 4.99 Å². The van der Waals surface area contributed by atoms with Crippen molar-refractivity contribution in [2.75, 3.05) is 38.0 Å². The Morgan fingerprint density at radius 1 is 0.636 bits per heavy atom. The molecule has 2 aromatic carbocycles. The van der Waals surface area contributed by atoms with Crippen molar-refractivity contribution in [3.63, 3.8) is 0 Å². The summed E-state index contributed by atoms with van der Waals surface area (Å²) in [6, 6.07) is 16.5. The van der Waals surface area contributed by atoms with E-state index in [1.54, 1.807) is 0 Å². The average Bonchev–Trinajstić information content (AvgIpc) is 2.81. The Balaban J connectivity index is 2.02. The molecule has 0 aliphatic rings. The van der Waals surface area contributed by atoms with Gasteiger partial charge in [-0.15, -0.1) is 0 Å². The van der Waals surface area contributed by atoms with Crippen molar-refractivity contribution >= 4 is 23.0 Å². The van der Waals surface area contributed by atoms with Crippen LogP contribution in [0.4, 0.5) is 11.4 Å². The fourth-order valence-corrected chi connectivity index (χ4v) is 3.90. The van der Waals surface area contributed by atoms with Gasteiger partial charge in [0, 0.05) is 57.1 Å². The van der Waals surface area contributed by atoms with Crippen molar-refractivity contribution in [3.05, 3.63) is 59.7 Å². The van der Waals surface area contributed by atoms with Crippen LogP contribution >= 0.6 is 0 Å². The van der Waals surface area contributed by atoms with Gasteiger partial charge in [-0.1, -0.05) is 82.6 Å². The lowest BCUT2D eigenvalue weighted by atomic mass is 10.0. The second-order valence-corrected chi connectivity index (χ2v) is 9.32. The summed E-state index contributed by atoms with van der Waals surface area (Å²) in [5.41, 5.74) is 4.95. The van der Waals surface area contributed by atoms with Crippen LogP contribution in [0.2, 0.25) is 0 Å². The van der Waals surface area contributed by atoms with Gasteiger partial charge in [-0.25, -0.2) is 4.99 Å². The molecule has 0 heterocycles. The van der Waals surface area contributed by atoms with E-state index in [1.807, 2.05) is 28.2 Å². The Hall–Kier alpha value is -2.62. The number of carbonyl (C=O) groups excluding carboxylic acids is 1. The van der Waals surface area contributed by atoms with Gasteiger partial charge in [-0.2, -0.15) is 0 Å². The van der Waals surface area contributed by atoms with Crippen molar-refractivity contribution < 1.29 is 4.79 Å². The molecule has 0 saturated carbocycles. The van der Waals surface area contributed by atoms with Crippen molar-refractivity contribution in [3.8, 4) is 0 Å². The fourth-order valence-electron chi connectivity index (χ4n) is 3.90. The van der Waals surface area contributed by atoms with Gasteiger partial charge in [0.25, 0.3) is 0 Å². The maximum absolute atomic E-state index is 12.8. The first-order valence-electron chi connectivity index (χ1n) is 12.6. The fraction of sp³-hybridized carbons (Fsp3) is 0.517. The molecule has 2 aromatic rings. The Labute approximate surface area is 201 Å². The number of nitrogens with zero attached hydrogens (tertiary/aromatic N) is 3. The van der Waals surface area contributed by atoms with Gasteiger partial charge < -0.3 is 9.80 Å². The van der Waals surface area contributed by atoms with Crippen LogP contribution in [0.5, 0.6) is 0 Å². The van der Waals surface area contributed by atoms with E-state index >= 15 is 0 Å². The van der Waals surface area contributed by atoms with E-state index in [0.29, 0.717) is 6.42 Å². The Bertz CT molecular complexity index is 798. The average molecular weight is 450 g/mol. The van der Waals surface area contributed by atoms with Crippen LogP contribution in [0.25, 0.3) is 0 Å². The number of anilines is 2. The molecule has 0 atom stereocenters. The summed E-state index contributed by atoms with van der Waals surface area (Å²) in [6.45, 7) is 2.25. The maximum atomic E-state index is 12.8. The number of amides is 1. The summed E-state index contributed by atoms with van der Waals surface area (Å²) in [7, 11) is 8.11. The molecule has 4 heteroatoms. The Morgan fingerprint density at radius 2 is 1.03 bits per heavy atom. The van der Waals surface area contributed by atoms with Crippen LogP contribution in [0.15, 0.2) is 53.5 Å². The highest BCUT2D eigenvalue weighted by Crippen LogP contribution is 2.20. The number of hydrogen-bond donors (Lipinski definition) is 0. The zero-order valence-corrected chi connectivity index (χ0v) is 21.4. The number of benzene rings is 2. The summed E-state index contributed by atoms with van der Waals surface area (Å²) < 4.78 is 0. The van der Waals surface area contributed by atoms with Gasteiger partial charge in [0.05, 0.1) is 5.71 Å². The smallest absolute Gasteiger partial charge is 0.246 e. The quantitative estimate of drug-likeness (QED) is 0.228. The summed E-state index contributed by atoms with van der Waals surface area (Å²) in [4.78, 5) is 21.5. The molecule has 2 rings (SSSR count). The first kappa shape index (κ1) is 26.6. The van der Waals surface area contributed by atoms with Crippen LogP contribution in [0, 0.1) is 0 Å². The standard InChI is InChI=1S/C29H43N3O/c1-6-7-8-9-10-11-12-13-14-15-28(33)30-29(24-16-20-26(21-17-24)31(2)3)25-18-22-27(23-19-25)32(4)5/h16-23H,6-15H2,1-5H3. The zero-order valence-electron chi connectivity index (χ0n) is 21.4. The van der Waals surface area contributed by atoms with Gasteiger partial charge >= 0.3 is 0 Å². The molecule has 0 unspecified atom stereocenters. The van der Waals surface area contributed by atoms with Gasteiger partial charge in [0.2, 0.25) is 5.91 Å². The number of aliphatic imine (C=N–C) groups is 1. The molecule has 33 heavy (non-hydrogen) atoms. The normalized spacial score (nSPS) is 10.7. The summed E-state index contributed by atoms with van der Waals surface area (Å²) in [5.74, 6) is -0.0266. The molecule has 0 N–H and O–H groups in total. The molecule has 180 valence electrons. The lowest BCUT2D eigenvalue weighted by Gasteiger charge is -2.15. The van der Waals surface area contributed by atoms with E-state index < -0.39 is 0 Å². The van der Waals surface area contributed by atoms with E-state index in [0.717, 1.165) is 41.1 Å². The van der Waals surface area contributed by atoms with Gasteiger partial charge in [-0.3, -0.25) is 4.79 Å². The lowest BCUT2D eigenvalue weighted by Crippen LogP contribution is -2.11. The highest BCUT2D eigenvalue weighted by Gasteiger charge is 2.11. The molecular formula is C29H43N3O. The second-order valence-electron chi connectivity index (χ2n) is 9.32. The molecule has 4 nitrogen and oxygen atoms in total. The lowest BCUT2D eigenvalue weighted by molar-refractivity contribution is -0.117. The number of rotatable bonds is 14. The van der Waals surface area contributed by atoms with E-state index in [9.17, 15) is 4.79 Å². The highest BCUT2D eigenvalue weighted by molar-refractivity contribution is 6.16. The zero-order chi connectivity index (χ0) is 24.1. The molecule has 0 aliphatic heterocycles. The minimum atomic E-state index is -0.0266. The first-order chi connectivity index (χ1) is 15.9. The predicted octanol–water partition coefficient (Wildman–Crippen LogP) is 7.10. The molecule has 0 aromatic heterocycles. The Morgan fingerprint density at radius 3 is 1.42 bits per heavy atom. The van der Waals surface area contributed by atoms with E-state index in [1.165, 1.54) is 44.9 Å². The third-order valence-corrected chi connectivity index (χ3v) is 6.04. The van der Waals surface area contributed by atoms with E-state index in [-0.39, 0.29) is 5.91 Å². The van der Waals surface area contributed by atoms with Gasteiger partial charge in [0.15, 0.2) is 0 Å². The van der Waals surface area contributed by atoms with Crippen LogP contribution in [-0.2, 0) is 4.79 Å². The third kappa shape index (κ3) is 9.41. The molecule has 0 fully saturated rings. The van der Waals surface area contributed by atoms with Crippen LogP contribution in [-0.4, -0.2) is 39.8 Å². The molecule has 0 bridgehead atoms. The SMILES string of the molecule is CCCCCCCCCCCC(=O)N=C(c1ccc(N(C)C)cc1)c1ccc(N(C)C)cc1. The van der Waals surface area contributed by atoms with Crippen molar-refractivity contribution in [1.82, 2.24) is 0 Å². The number of unbranched alkanes of at least 4 members (excludes halogenated alkanes) is 8. The number of hydrogen-bond acceptors (Lipinski definition) is 3. The molecule has 1 amide bonds. The van der Waals surface area contributed by atoms with E-state index in [2.05, 4.69) is 70.2 Å². The Kier molecular flexibility index (Phi) is 11.7. The van der Waals surface area contributed by atoms with Gasteiger partial charge in [0.1, 0.15) is 0 Å². The molecule has 0 spiro atoms. The van der Waals surface area contributed by atoms with E-state index in [4.69, 9.17) is 0 Å². The van der Waals surface area contributed by atoms with Crippen molar-refractivity contribution in [1.29, 1.82) is 0 Å². The van der Waals surface area contributed by atoms with Crippen LogP contribution in [0.1, 0.15) is 82.3 Å². The monoisotopic (exact) mass is 449 g/mol. The largest absolute Gasteiger partial charge is 0.378 e. The predicted molar refractivity (Wildman–Crippen MR) is 144 cm³/mol. The molecular weight excluding hydrogens is 406 g/mol. The second kappa shape index (κ2) is 14.5. The van der Waals surface area contributed by atoms with Crippen LogP contribution < -0.4 is 9.80 Å². The van der Waals surface area contributed by atoms with Crippen molar-refractivity contribution in [2.45, 2.75) is 71.1 Å². The number of carbonyl (C=O) groups is 1. The molecule has 0 radical (unpaired) electrons. The van der Waals surface area contributed by atoms with Gasteiger partial charge in [-0.05, 0) is 30.7 Å². The summed E-state index contributed by atoms with van der Waals surface area (Å²) in [5, 5.41) is 0. The molecule has 0 saturated heterocycles. The third-order valence-electron chi connectivity index (χ3n) is 6.04. The first-order valence-corrected chi connectivity index (χ1v) is 12.6. The summed E-state index contributed by atoms with van der Waals surface area (Å²) >= 11 is 0. The summed E-state index contributed by atoms with van der Waals surface area (Å²) in [6.07, 6.45) is 11.7. The minimum absolute atomic E-state index is 0.0266. The van der Waals surface area contributed by atoms with Crippen LogP contribution in [0.3, 0.4) is 0 Å². The highest BCUT2D eigenvalue weighted by atomic mass is 16.1. The minimum Gasteiger partial charge on any atom is -0.378 e. The maximum Gasteiger partial charge on any atom is 0.246 e. The topological polar surface area (TPSA) is 35.9 Å².